The maximum absolute atomic E-state index is 12.3. The summed E-state index contributed by atoms with van der Waals surface area (Å²) >= 11 is 1.61. The zero-order chi connectivity index (χ0) is 16.2. The van der Waals surface area contributed by atoms with Gasteiger partial charge < -0.3 is 10.0 Å². The molecule has 1 aliphatic heterocycles. The summed E-state index contributed by atoms with van der Waals surface area (Å²) in [5.41, 5.74) is 0.370. The van der Waals surface area contributed by atoms with E-state index in [4.69, 9.17) is 0 Å². The number of nitrogens with zero attached hydrogens (tertiary/aromatic N) is 1. The van der Waals surface area contributed by atoms with Crippen molar-refractivity contribution in [1.82, 2.24) is 10.2 Å². The quantitative estimate of drug-likeness (QED) is 0.645. The molecule has 0 saturated carbocycles. The molecule has 22 heavy (non-hydrogen) atoms. The van der Waals surface area contributed by atoms with Crippen molar-refractivity contribution in [3.05, 3.63) is 29.8 Å². The van der Waals surface area contributed by atoms with Gasteiger partial charge in [-0.15, -0.1) is 11.8 Å². The Labute approximate surface area is 137 Å². The zero-order valence-electron chi connectivity index (χ0n) is 13.6. The third-order valence-corrected chi connectivity index (χ3v) is 5.75. The summed E-state index contributed by atoms with van der Waals surface area (Å²) in [6, 6.07) is 8.15. The summed E-state index contributed by atoms with van der Waals surface area (Å²) in [5.74, 6) is 0.874. The number of benzene rings is 1. The van der Waals surface area contributed by atoms with E-state index in [9.17, 15) is 9.90 Å². The van der Waals surface area contributed by atoms with Crippen LogP contribution in [-0.4, -0.2) is 47.5 Å². The van der Waals surface area contributed by atoms with Gasteiger partial charge in [0.05, 0.1) is 5.75 Å². The zero-order valence-corrected chi connectivity index (χ0v) is 14.4. The van der Waals surface area contributed by atoms with Gasteiger partial charge in [-0.1, -0.05) is 18.2 Å². The van der Waals surface area contributed by atoms with Crippen molar-refractivity contribution in [3.8, 4) is 0 Å². The molecule has 2 N–H and O–H groups in total. The van der Waals surface area contributed by atoms with E-state index in [2.05, 4.69) is 24.4 Å². The van der Waals surface area contributed by atoms with Crippen LogP contribution in [0.1, 0.15) is 25.3 Å². The molecule has 2 rings (SSSR count). The maximum atomic E-state index is 12.3. The van der Waals surface area contributed by atoms with Crippen LogP contribution in [0.3, 0.4) is 0 Å². The second-order valence-electron chi connectivity index (χ2n) is 6.11. The van der Waals surface area contributed by atoms with Gasteiger partial charge in [0, 0.05) is 23.9 Å². The van der Waals surface area contributed by atoms with E-state index in [0.717, 1.165) is 25.9 Å². The molecule has 0 radical (unpaired) electrons. The number of likely N-dealkylation sites (tertiary alicyclic amines) is 1. The van der Waals surface area contributed by atoms with E-state index in [1.807, 2.05) is 24.0 Å². The molecule has 1 fully saturated rings. The lowest BCUT2D eigenvalue weighted by atomic mass is 9.87. The first-order valence-electron chi connectivity index (χ1n) is 7.81. The van der Waals surface area contributed by atoms with Crippen LogP contribution in [0.2, 0.25) is 0 Å². The summed E-state index contributed by atoms with van der Waals surface area (Å²) < 4.78 is 0. The van der Waals surface area contributed by atoms with Crippen LogP contribution in [0.25, 0.3) is 0 Å². The van der Waals surface area contributed by atoms with Gasteiger partial charge in [-0.05, 0) is 45.4 Å². The van der Waals surface area contributed by atoms with Crippen LogP contribution in [-0.2, 0) is 4.79 Å². The average molecular weight is 322 g/mol. The Balaban J connectivity index is 1.82. The maximum Gasteiger partial charge on any atom is 0.232 e. The minimum Gasteiger partial charge on any atom is -0.376 e. The Hall–Kier alpha value is -1.04. The standard InChI is InChI=1S/C17H26N2O2S/c1-13-6-4-5-7-15(13)22-12-16(20)19-10-8-14(9-11-19)17(2,21)18-3/h4-7,14,18,21H,8-12H2,1-3H3. The molecule has 1 amide bonds. The first-order valence-corrected chi connectivity index (χ1v) is 8.80. The second-order valence-corrected chi connectivity index (χ2v) is 7.12. The molecular formula is C17H26N2O2S. The summed E-state index contributed by atoms with van der Waals surface area (Å²) in [6.07, 6.45) is 1.68. The summed E-state index contributed by atoms with van der Waals surface area (Å²) in [4.78, 5) is 15.4. The fraction of sp³-hybridized carbons (Fsp3) is 0.588. The highest BCUT2D eigenvalue weighted by Gasteiger charge is 2.34. The Kier molecular flexibility index (Phi) is 5.89. The van der Waals surface area contributed by atoms with Crippen LogP contribution in [0.15, 0.2) is 29.2 Å². The topological polar surface area (TPSA) is 52.6 Å². The number of nitrogens with one attached hydrogen (secondary N) is 1. The molecule has 1 aromatic carbocycles. The molecule has 1 atom stereocenters. The predicted molar refractivity (Wildman–Crippen MR) is 90.9 cm³/mol. The van der Waals surface area contributed by atoms with Crippen molar-refractivity contribution in [3.63, 3.8) is 0 Å². The fourth-order valence-electron chi connectivity index (χ4n) is 2.84. The Bertz CT molecular complexity index is 511. The number of aliphatic hydroxyl groups is 1. The van der Waals surface area contributed by atoms with E-state index in [0.29, 0.717) is 5.75 Å². The lowest BCUT2D eigenvalue weighted by Gasteiger charge is -2.39. The number of hydrogen-bond donors (Lipinski definition) is 2. The van der Waals surface area contributed by atoms with Gasteiger partial charge in [-0.25, -0.2) is 0 Å². The average Bonchev–Trinajstić information content (AvgIpc) is 2.54. The number of amides is 1. The lowest BCUT2D eigenvalue weighted by Crippen LogP contribution is -2.51. The van der Waals surface area contributed by atoms with Crippen molar-refractivity contribution in [1.29, 1.82) is 0 Å². The molecule has 4 nitrogen and oxygen atoms in total. The Morgan fingerprint density at radius 3 is 2.64 bits per heavy atom. The second kappa shape index (κ2) is 7.49. The number of carbonyl (C=O) groups is 1. The Morgan fingerprint density at radius 2 is 2.05 bits per heavy atom. The van der Waals surface area contributed by atoms with Crippen molar-refractivity contribution in [2.45, 2.75) is 37.3 Å². The minimum atomic E-state index is -0.842. The predicted octanol–water partition coefficient (Wildman–Crippen LogP) is 2.25. The highest BCUT2D eigenvalue weighted by molar-refractivity contribution is 8.00. The molecule has 0 spiro atoms. The third kappa shape index (κ3) is 4.24. The molecule has 1 aromatic rings. The highest BCUT2D eigenvalue weighted by Crippen LogP contribution is 2.27. The number of carbonyl (C=O) groups excluding carboxylic acids is 1. The molecule has 1 unspecified atom stereocenters. The van der Waals surface area contributed by atoms with Crippen molar-refractivity contribution in [2.75, 3.05) is 25.9 Å². The summed E-state index contributed by atoms with van der Waals surface area (Å²) in [7, 11) is 1.77. The Morgan fingerprint density at radius 1 is 1.41 bits per heavy atom. The molecule has 0 aromatic heterocycles. The molecule has 1 saturated heterocycles. The van der Waals surface area contributed by atoms with E-state index >= 15 is 0 Å². The molecule has 0 aliphatic carbocycles. The largest absolute Gasteiger partial charge is 0.376 e. The number of aryl methyl sites for hydroxylation is 1. The fourth-order valence-corrected chi connectivity index (χ4v) is 3.78. The van der Waals surface area contributed by atoms with Crippen molar-refractivity contribution >= 4 is 17.7 Å². The molecule has 122 valence electrons. The van der Waals surface area contributed by atoms with E-state index in [1.165, 1.54) is 10.5 Å². The van der Waals surface area contributed by atoms with Gasteiger partial charge in [-0.3, -0.25) is 10.1 Å². The monoisotopic (exact) mass is 322 g/mol. The van der Waals surface area contributed by atoms with Crippen molar-refractivity contribution in [2.24, 2.45) is 5.92 Å². The van der Waals surface area contributed by atoms with Gasteiger partial charge >= 0.3 is 0 Å². The third-order valence-electron chi connectivity index (χ3n) is 4.59. The van der Waals surface area contributed by atoms with Crippen LogP contribution >= 0.6 is 11.8 Å². The molecule has 5 heteroatoms. The van der Waals surface area contributed by atoms with E-state index < -0.39 is 5.72 Å². The highest BCUT2D eigenvalue weighted by atomic mass is 32.2. The lowest BCUT2D eigenvalue weighted by molar-refractivity contribution is -0.132. The van der Waals surface area contributed by atoms with Crippen LogP contribution in [0, 0.1) is 12.8 Å². The summed E-state index contributed by atoms with van der Waals surface area (Å²) in [5, 5.41) is 13.2. The number of thioether (sulfide) groups is 1. The minimum absolute atomic E-state index is 0.191. The van der Waals surface area contributed by atoms with Gasteiger partial charge in [0.1, 0.15) is 5.72 Å². The summed E-state index contributed by atoms with van der Waals surface area (Å²) in [6.45, 7) is 5.34. The van der Waals surface area contributed by atoms with Gasteiger partial charge in [0.15, 0.2) is 0 Å². The van der Waals surface area contributed by atoms with E-state index in [-0.39, 0.29) is 11.8 Å². The molecular weight excluding hydrogens is 296 g/mol. The smallest absolute Gasteiger partial charge is 0.232 e. The van der Waals surface area contributed by atoms with Crippen LogP contribution in [0.4, 0.5) is 0 Å². The van der Waals surface area contributed by atoms with Gasteiger partial charge in [0.25, 0.3) is 0 Å². The normalized spacial score (nSPS) is 19.0. The molecule has 1 heterocycles. The number of hydrogen-bond acceptors (Lipinski definition) is 4. The van der Waals surface area contributed by atoms with Gasteiger partial charge in [-0.2, -0.15) is 0 Å². The first kappa shape index (κ1) is 17.3. The van der Waals surface area contributed by atoms with Crippen molar-refractivity contribution < 1.29 is 9.90 Å². The van der Waals surface area contributed by atoms with E-state index in [1.54, 1.807) is 18.8 Å². The number of rotatable bonds is 5. The SMILES string of the molecule is CNC(C)(O)C1CCN(C(=O)CSc2ccccc2C)CC1. The molecule has 0 bridgehead atoms. The van der Waals surface area contributed by atoms with Crippen LogP contribution in [0.5, 0.6) is 0 Å². The molecule has 1 aliphatic rings. The van der Waals surface area contributed by atoms with Gasteiger partial charge in [0.2, 0.25) is 5.91 Å². The first-order chi connectivity index (χ1) is 10.4. The van der Waals surface area contributed by atoms with Crippen LogP contribution < -0.4 is 5.32 Å². The number of piperidine rings is 1.